The number of benzene rings is 1. The fourth-order valence-corrected chi connectivity index (χ4v) is 3.33. The lowest BCUT2D eigenvalue weighted by Crippen LogP contribution is -2.15. The lowest BCUT2D eigenvalue weighted by atomic mass is 10.0. The highest BCUT2D eigenvalue weighted by Gasteiger charge is 2.18. The quantitative estimate of drug-likeness (QED) is 0.889. The largest absolute Gasteiger partial charge is 0.392 e. The van der Waals surface area contributed by atoms with Crippen LogP contribution in [0.1, 0.15) is 43.0 Å². The monoisotopic (exact) mass is 348 g/mol. The number of halogens is 1. The maximum Gasteiger partial charge on any atom is 0.0650 e. The minimum absolute atomic E-state index is 0.377. The number of aliphatic hydroxyl groups is 1. The lowest BCUT2D eigenvalue weighted by molar-refractivity contribution is 0.174. The average Bonchev–Trinajstić information content (AvgIpc) is 3.12. The SMILES string of the molecule is OC(Cc1ccc(Br)cc1)Cc1ccn(C2CCCC2)n1. The van der Waals surface area contributed by atoms with Crippen molar-refractivity contribution in [2.75, 3.05) is 0 Å². The van der Waals surface area contributed by atoms with Gasteiger partial charge in [-0.1, -0.05) is 40.9 Å². The van der Waals surface area contributed by atoms with Crippen molar-refractivity contribution in [2.45, 2.75) is 50.7 Å². The summed E-state index contributed by atoms with van der Waals surface area (Å²) in [5, 5.41) is 14.9. The van der Waals surface area contributed by atoms with E-state index in [2.05, 4.69) is 31.9 Å². The molecule has 0 radical (unpaired) electrons. The van der Waals surface area contributed by atoms with Crippen LogP contribution in [-0.4, -0.2) is 21.0 Å². The Labute approximate surface area is 134 Å². The maximum absolute atomic E-state index is 10.2. The Morgan fingerprint density at radius 1 is 1.14 bits per heavy atom. The molecular formula is C17H21BrN2O. The Bertz CT molecular complexity index is 573. The normalized spacial score (nSPS) is 17.2. The number of aliphatic hydroxyl groups excluding tert-OH is 1. The standard InChI is InChI=1S/C17H21BrN2O/c18-14-7-5-13(6-8-14)11-17(21)12-15-9-10-20(19-15)16-3-1-2-4-16/h5-10,16-17,21H,1-4,11-12H2. The summed E-state index contributed by atoms with van der Waals surface area (Å²) in [6, 6.07) is 10.7. The van der Waals surface area contributed by atoms with Gasteiger partial charge in [0.25, 0.3) is 0 Å². The van der Waals surface area contributed by atoms with Crippen LogP contribution >= 0.6 is 15.9 Å². The number of rotatable bonds is 5. The van der Waals surface area contributed by atoms with Gasteiger partial charge in [-0.05, 0) is 43.0 Å². The molecule has 1 aliphatic rings. The Morgan fingerprint density at radius 3 is 2.57 bits per heavy atom. The van der Waals surface area contributed by atoms with Crippen molar-refractivity contribution in [1.82, 2.24) is 9.78 Å². The summed E-state index contributed by atoms with van der Waals surface area (Å²) in [6.07, 6.45) is 8.08. The Morgan fingerprint density at radius 2 is 1.86 bits per heavy atom. The predicted molar refractivity (Wildman–Crippen MR) is 87.3 cm³/mol. The highest BCUT2D eigenvalue weighted by molar-refractivity contribution is 9.10. The van der Waals surface area contributed by atoms with Crippen molar-refractivity contribution >= 4 is 15.9 Å². The summed E-state index contributed by atoms with van der Waals surface area (Å²) in [6.45, 7) is 0. The van der Waals surface area contributed by atoms with E-state index in [1.165, 1.54) is 25.7 Å². The molecule has 0 saturated heterocycles. The van der Waals surface area contributed by atoms with Gasteiger partial charge in [-0.3, -0.25) is 4.68 Å². The van der Waals surface area contributed by atoms with Crippen molar-refractivity contribution in [3.8, 4) is 0 Å². The molecule has 3 nitrogen and oxygen atoms in total. The highest BCUT2D eigenvalue weighted by atomic mass is 79.9. The highest BCUT2D eigenvalue weighted by Crippen LogP contribution is 2.28. The summed E-state index contributed by atoms with van der Waals surface area (Å²) in [4.78, 5) is 0. The van der Waals surface area contributed by atoms with Crippen LogP contribution in [0.4, 0.5) is 0 Å². The minimum Gasteiger partial charge on any atom is -0.392 e. The van der Waals surface area contributed by atoms with Crippen LogP contribution in [0.25, 0.3) is 0 Å². The first-order valence-corrected chi connectivity index (χ1v) is 8.46. The van der Waals surface area contributed by atoms with E-state index < -0.39 is 0 Å². The molecule has 21 heavy (non-hydrogen) atoms. The van der Waals surface area contributed by atoms with Crippen LogP contribution in [-0.2, 0) is 12.8 Å². The first kappa shape index (κ1) is 14.8. The van der Waals surface area contributed by atoms with Gasteiger partial charge in [-0.15, -0.1) is 0 Å². The van der Waals surface area contributed by atoms with Crippen molar-refractivity contribution < 1.29 is 5.11 Å². The van der Waals surface area contributed by atoms with E-state index in [0.717, 1.165) is 15.7 Å². The Hall–Kier alpha value is -1.13. The van der Waals surface area contributed by atoms with Gasteiger partial charge < -0.3 is 5.11 Å². The van der Waals surface area contributed by atoms with E-state index in [1.54, 1.807) is 0 Å². The molecule has 1 aromatic carbocycles. The second-order valence-corrected chi connectivity index (χ2v) is 6.83. The second kappa shape index (κ2) is 6.75. The number of hydrogen-bond donors (Lipinski definition) is 1. The molecule has 0 aliphatic heterocycles. The first-order chi connectivity index (χ1) is 10.2. The smallest absolute Gasteiger partial charge is 0.0650 e. The van der Waals surface area contributed by atoms with E-state index in [1.807, 2.05) is 30.3 Å². The van der Waals surface area contributed by atoms with Gasteiger partial charge in [0.15, 0.2) is 0 Å². The molecule has 1 unspecified atom stereocenters. The lowest BCUT2D eigenvalue weighted by Gasteiger charge is -2.11. The molecule has 112 valence electrons. The molecule has 0 amide bonds. The fraction of sp³-hybridized carbons (Fsp3) is 0.471. The van der Waals surface area contributed by atoms with Crippen molar-refractivity contribution in [3.05, 3.63) is 52.3 Å². The summed E-state index contributed by atoms with van der Waals surface area (Å²) in [5.74, 6) is 0. The second-order valence-electron chi connectivity index (χ2n) is 5.91. The van der Waals surface area contributed by atoms with E-state index in [-0.39, 0.29) is 6.10 Å². The molecule has 1 aliphatic carbocycles. The van der Waals surface area contributed by atoms with Crippen molar-refractivity contribution in [3.63, 3.8) is 0 Å². The van der Waals surface area contributed by atoms with E-state index in [4.69, 9.17) is 0 Å². The number of aromatic nitrogens is 2. The summed E-state index contributed by atoms with van der Waals surface area (Å²) in [7, 11) is 0. The summed E-state index contributed by atoms with van der Waals surface area (Å²) >= 11 is 3.43. The topological polar surface area (TPSA) is 38.0 Å². The molecule has 1 saturated carbocycles. The molecular weight excluding hydrogens is 328 g/mol. The Kier molecular flexibility index (Phi) is 4.76. The zero-order valence-corrected chi connectivity index (χ0v) is 13.7. The molecule has 1 aromatic heterocycles. The van der Waals surface area contributed by atoms with Gasteiger partial charge in [-0.25, -0.2) is 0 Å². The zero-order chi connectivity index (χ0) is 14.7. The molecule has 4 heteroatoms. The van der Waals surface area contributed by atoms with Crippen molar-refractivity contribution in [1.29, 1.82) is 0 Å². The third-order valence-corrected chi connectivity index (χ3v) is 4.72. The molecule has 0 bridgehead atoms. The molecule has 1 N–H and O–H groups in total. The molecule has 3 rings (SSSR count). The van der Waals surface area contributed by atoms with Gasteiger partial charge in [0.1, 0.15) is 0 Å². The van der Waals surface area contributed by atoms with E-state index in [9.17, 15) is 5.11 Å². The third-order valence-electron chi connectivity index (χ3n) is 4.19. The molecule has 1 atom stereocenters. The molecule has 0 spiro atoms. The minimum atomic E-state index is -0.377. The maximum atomic E-state index is 10.2. The molecule has 1 fully saturated rings. The van der Waals surface area contributed by atoms with Gasteiger partial charge in [-0.2, -0.15) is 5.10 Å². The molecule has 1 heterocycles. The van der Waals surface area contributed by atoms with Gasteiger partial charge >= 0.3 is 0 Å². The van der Waals surface area contributed by atoms with Crippen LogP contribution in [0, 0.1) is 0 Å². The van der Waals surface area contributed by atoms with Crippen LogP contribution in [0.5, 0.6) is 0 Å². The summed E-state index contributed by atoms with van der Waals surface area (Å²) in [5.41, 5.74) is 2.15. The van der Waals surface area contributed by atoms with Crippen LogP contribution < -0.4 is 0 Å². The van der Waals surface area contributed by atoms with Gasteiger partial charge in [0, 0.05) is 17.1 Å². The van der Waals surface area contributed by atoms with Crippen LogP contribution in [0.3, 0.4) is 0 Å². The third kappa shape index (κ3) is 3.95. The first-order valence-electron chi connectivity index (χ1n) is 7.67. The van der Waals surface area contributed by atoms with Gasteiger partial charge in [0.05, 0.1) is 17.8 Å². The summed E-state index contributed by atoms with van der Waals surface area (Å²) < 4.78 is 3.16. The number of hydrogen-bond acceptors (Lipinski definition) is 2. The van der Waals surface area contributed by atoms with Crippen LogP contribution in [0.2, 0.25) is 0 Å². The Balaban J connectivity index is 1.56. The zero-order valence-electron chi connectivity index (χ0n) is 12.1. The van der Waals surface area contributed by atoms with Gasteiger partial charge in [0.2, 0.25) is 0 Å². The number of nitrogens with zero attached hydrogens (tertiary/aromatic N) is 2. The van der Waals surface area contributed by atoms with E-state index in [0.29, 0.717) is 18.9 Å². The predicted octanol–water partition coefficient (Wildman–Crippen LogP) is 3.91. The van der Waals surface area contributed by atoms with Crippen LogP contribution in [0.15, 0.2) is 41.0 Å². The fourth-order valence-electron chi connectivity index (χ4n) is 3.06. The van der Waals surface area contributed by atoms with Crippen molar-refractivity contribution in [2.24, 2.45) is 0 Å². The molecule has 2 aromatic rings. The average molecular weight is 349 g/mol. The van der Waals surface area contributed by atoms with E-state index >= 15 is 0 Å².